The van der Waals surface area contributed by atoms with Gasteiger partial charge in [-0.3, -0.25) is 4.79 Å². The zero-order chi connectivity index (χ0) is 20.3. The maximum Gasteiger partial charge on any atom is 0.217 e. The third-order valence-electron chi connectivity index (χ3n) is 4.92. The number of ether oxygens (including phenoxy) is 2. The quantitative estimate of drug-likeness (QED) is 0.654. The first-order valence-corrected chi connectivity index (χ1v) is 11.2. The first-order valence-electron chi connectivity index (χ1n) is 9.97. The number of nitrogens with zero attached hydrogens (tertiary/aromatic N) is 1. The molecule has 2 aromatic rings. The van der Waals surface area contributed by atoms with Crippen molar-refractivity contribution in [3.63, 3.8) is 0 Å². The summed E-state index contributed by atoms with van der Waals surface area (Å²) in [6.45, 7) is 8.30. The number of carbonyl (C=O) groups is 1. The molecule has 0 aliphatic heterocycles. The molecular weight excluding hydrogens is 396 g/mol. The summed E-state index contributed by atoms with van der Waals surface area (Å²) in [4.78, 5) is 15.7. The molecule has 28 heavy (non-hydrogen) atoms. The van der Waals surface area contributed by atoms with Gasteiger partial charge in [0.05, 0.1) is 34.0 Å². The van der Waals surface area contributed by atoms with E-state index in [1.165, 1.54) is 6.92 Å². The van der Waals surface area contributed by atoms with Gasteiger partial charge in [0.25, 0.3) is 0 Å². The summed E-state index contributed by atoms with van der Waals surface area (Å²) in [7, 11) is 0. The fraction of sp³-hybridized carbons (Fsp3) is 0.619. The van der Waals surface area contributed by atoms with E-state index in [0.717, 1.165) is 46.7 Å². The SMILES string of the molecule is CC(=O)N[C@@H](C)COC1CCC(Oc2ccc3nc(C(C)C)sc3c2Cl)CC1. The van der Waals surface area contributed by atoms with Crippen LogP contribution in [-0.2, 0) is 9.53 Å². The van der Waals surface area contributed by atoms with Gasteiger partial charge in [-0.2, -0.15) is 0 Å². The monoisotopic (exact) mass is 424 g/mol. The predicted octanol–water partition coefficient (Wildman–Crippen LogP) is 5.30. The maximum absolute atomic E-state index is 11.1. The molecule has 154 valence electrons. The van der Waals surface area contributed by atoms with Crippen molar-refractivity contribution in [2.45, 2.75) is 77.5 Å². The summed E-state index contributed by atoms with van der Waals surface area (Å²) >= 11 is 8.27. The van der Waals surface area contributed by atoms with Crippen molar-refractivity contribution in [3.05, 3.63) is 22.2 Å². The molecule has 1 N–H and O–H groups in total. The Morgan fingerprint density at radius 2 is 1.93 bits per heavy atom. The number of fused-ring (bicyclic) bond motifs is 1. The van der Waals surface area contributed by atoms with E-state index in [-0.39, 0.29) is 24.2 Å². The third-order valence-corrected chi connectivity index (χ3v) is 6.80. The van der Waals surface area contributed by atoms with Gasteiger partial charge < -0.3 is 14.8 Å². The van der Waals surface area contributed by atoms with Gasteiger partial charge in [-0.05, 0) is 44.7 Å². The Labute approximate surface area is 175 Å². The lowest BCUT2D eigenvalue weighted by Crippen LogP contribution is -2.36. The van der Waals surface area contributed by atoms with Crippen LogP contribution in [0.1, 0.15) is 64.3 Å². The average molecular weight is 425 g/mol. The van der Waals surface area contributed by atoms with Gasteiger partial charge in [-0.25, -0.2) is 4.98 Å². The van der Waals surface area contributed by atoms with E-state index < -0.39 is 0 Å². The Kier molecular flexibility index (Phi) is 7.18. The summed E-state index contributed by atoms with van der Waals surface area (Å²) in [6.07, 6.45) is 4.16. The second kappa shape index (κ2) is 9.42. The molecule has 1 amide bonds. The molecule has 1 heterocycles. The molecule has 1 atom stereocenters. The van der Waals surface area contributed by atoms with Crippen LogP contribution in [0, 0.1) is 0 Å². The number of aromatic nitrogens is 1. The maximum atomic E-state index is 11.1. The van der Waals surface area contributed by atoms with Crippen molar-refractivity contribution in [2.75, 3.05) is 6.61 Å². The van der Waals surface area contributed by atoms with E-state index in [1.54, 1.807) is 11.3 Å². The zero-order valence-corrected chi connectivity index (χ0v) is 18.5. The van der Waals surface area contributed by atoms with Crippen LogP contribution in [0.3, 0.4) is 0 Å². The van der Waals surface area contributed by atoms with Gasteiger partial charge in [0, 0.05) is 18.9 Å². The first-order chi connectivity index (χ1) is 13.3. The molecule has 0 bridgehead atoms. The van der Waals surface area contributed by atoms with Crippen molar-refractivity contribution in [3.8, 4) is 5.75 Å². The van der Waals surface area contributed by atoms with E-state index >= 15 is 0 Å². The van der Waals surface area contributed by atoms with E-state index in [0.29, 0.717) is 17.5 Å². The highest BCUT2D eigenvalue weighted by molar-refractivity contribution is 7.19. The summed E-state index contributed by atoms with van der Waals surface area (Å²) in [5, 5.41) is 4.61. The number of halogens is 1. The largest absolute Gasteiger partial charge is 0.489 e. The standard InChI is InChI=1S/C21H29ClN2O3S/c1-12(2)21-24-17-9-10-18(19(22)20(17)28-21)27-16-7-5-15(6-8-16)26-11-13(3)23-14(4)25/h9-10,12-13,15-16H,5-8,11H2,1-4H3,(H,23,25)/t13-,15?,16?/m0/s1. The fourth-order valence-electron chi connectivity index (χ4n) is 3.46. The lowest BCUT2D eigenvalue weighted by atomic mass is 9.95. The molecule has 3 rings (SSSR count). The molecule has 0 radical (unpaired) electrons. The minimum atomic E-state index is -0.0245. The molecule has 0 spiro atoms. The smallest absolute Gasteiger partial charge is 0.217 e. The lowest BCUT2D eigenvalue weighted by molar-refractivity contribution is -0.120. The van der Waals surface area contributed by atoms with Crippen LogP contribution in [0.5, 0.6) is 5.75 Å². The first kappa shape index (κ1) is 21.3. The highest BCUT2D eigenvalue weighted by Crippen LogP contribution is 2.39. The van der Waals surface area contributed by atoms with Crippen molar-refractivity contribution in [1.82, 2.24) is 10.3 Å². The average Bonchev–Trinajstić information content (AvgIpc) is 3.08. The highest BCUT2D eigenvalue weighted by Gasteiger charge is 2.25. The minimum absolute atomic E-state index is 0.0245. The summed E-state index contributed by atoms with van der Waals surface area (Å²) < 4.78 is 13.2. The Balaban J connectivity index is 1.53. The van der Waals surface area contributed by atoms with Crippen LogP contribution < -0.4 is 10.1 Å². The number of hydrogen-bond donors (Lipinski definition) is 1. The molecule has 0 unspecified atom stereocenters. The van der Waals surface area contributed by atoms with Gasteiger partial charge >= 0.3 is 0 Å². The van der Waals surface area contributed by atoms with E-state index in [9.17, 15) is 4.79 Å². The van der Waals surface area contributed by atoms with Crippen LogP contribution in [0.4, 0.5) is 0 Å². The Hall–Kier alpha value is -1.37. The van der Waals surface area contributed by atoms with Gasteiger partial charge in [-0.1, -0.05) is 25.4 Å². The van der Waals surface area contributed by atoms with Crippen LogP contribution in [0.2, 0.25) is 5.02 Å². The lowest BCUT2D eigenvalue weighted by Gasteiger charge is -2.30. The molecule has 1 aliphatic rings. The predicted molar refractivity (Wildman–Crippen MR) is 115 cm³/mol. The minimum Gasteiger partial charge on any atom is -0.489 e. The number of hydrogen-bond acceptors (Lipinski definition) is 5. The highest BCUT2D eigenvalue weighted by atomic mass is 35.5. The second-order valence-corrected chi connectivity index (χ2v) is 9.29. The van der Waals surface area contributed by atoms with E-state index in [1.807, 2.05) is 19.1 Å². The van der Waals surface area contributed by atoms with Crippen LogP contribution in [-0.4, -0.2) is 35.7 Å². The van der Waals surface area contributed by atoms with Crippen LogP contribution >= 0.6 is 22.9 Å². The molecule has 1 aromatic heterocycles. The number of amides is 1. The van der Waals surface area contributed by atoms with Gasteiger partial charge in [0.2, 0.25) is 5.91 Å². The zero-order valence-electron chi connectivity index (χ0n) is 17.0. The Morgan fingerprint density at radius 3 is 2.57 bits per heavy atom. The van der Waals surface area contributed by atoms with Crippen molar-refractivity contribution < 1.29 is 14.3 Å². The molecule has 0 saturated heterocycles. The number of thiazole rings is 1. The van der Waals surface area contributed by atoms with Crippen LogP contribution in [0.15, 0.2) is 12.1 Å². The van der Waals surface area contributed by atoms with Gasteiger partial charge in [0.15, 0.2) is 0 Å². The molecular formula is C21H29ClN2O3S. The van der Waals surface area contributed by atoms with E-state index in [4.69, 9.17) is 21.1 Å². The summed E-state index contributed by atoms with van der Waals surface area (Å²) in [6, 6.07) is 3.97. The van der Waals surface area contributed by atoms with Gasteiger partial charge in [-0.15, -0.1) is 11.3 Å². The summed E-state index contributed by atoms with van der Waals surface area (Å²) in [5.41, 5.74) is 0.941. The van der Waals surface area contributed by atoms with Crippen molar-refractivity contribution in [1.29, 1.82) is 0 Å². The second-order valence-electron chi connectivity index (χ2n) is 7.88. The number of carbonyl (C=O) groups excluding carboxylic acids is 1. The third kappa shape index (κ3) is 5.37. The number of rotatable bonds is 7. The summed E-state index contributed by atoms with van der Waals surface area (Å²) in [5.74, 6) is 1.11. The number of nitrogens with one attached hydrogen (secondary N) is 1. The molecule has 1 aromatic carbocycles. The normalized spacial score (nSPS) is 21.1. The fourth-order valence-corrected chi connectivity index (χ4v) is 4.78. The Morgan fingerprint density at radius 1 is 1.25 bits per heavy atom. The van der Waals surface area contributed by atoms with E-state index in [2.05, 4.69) is 24.1 Å². The molecule has 1 fully saturated rings. The van der Waals surface area contributed by atoms with Crippen molar-refractivity contribution in [2.24, 2.45) is 0 Å². The Bertz CT molecular complexity index is 815. The molecule has 1 saturated carbocycles. The van der Waals surface area contributed by atoms with Crippen LogP contribution in [0.25, 0.3) is 10.2 Å². The van der Waals surface area contributed by atoms with Crippen molar-refractivity contribution >= 4 is 39.1 Å². The molecule has 7 heteroatoms. The molecule has 1 aliphatic carbocycles. The molecule has 5 nitrogen and oxygen atoms in total. The number of benzene rings is 1. The van der Waals surface area contributed by atoms with Gasteiger partial charge in [0.1, 0.15) is 10.8 Å². The topological polar surface area (TPSA) is 60.5 Å².